The molecule has 3 aliphatic rings. The summed E-state index contributed by atoms with van der Waals surface area (Å²) in [6.45, 7) is 5.74. The van der Waals surface area contributed by atoms with E-state index in [2.05, 4.69) is 20.9 Å². The van der Waals surface area contributed by atoms with Crippen molar-refractivity contribution in [1.82, 2.24) is 14.8 Å². The fourth-order valence-electron chi connectivity index (χ4n) is 4.57. The smallest absolute Gasteiger partial charge is 0.222 e. The quantitative estimate of drug-likeness (QED) is 0.834. The number of hydrogen-bond donors (Lipinski definition) is 0. The van der Waals surface area contributed by atoms with Gasteiger partial charge < -0.3 is 9.80 Å². The van der Waals surface area contributed by atoms with E-state index in [0.717, 1.165) is 31.0 Å². The number of carbonyl (C=O) groups is 1. The van der Waals surface area contributed by atoms with Crippen LogP contribution in [0.5, 0.6) is 0 Å². The molecule has 0 aromatic carbocycles. The molecule has 130 valence electrons. The number of amides is 1. The van der Waals surface area contributed by atoms with Crippen LogP contribution in [0.2, 0.25) is 0 Å². The summed E-state index contributed by atoms with van der Waals surface area (Å²) in [7, 11) is 0. The first-order chi connectivity index (χ1) is 11.7. The van der Waals surface area contributed by atoms with Gasteiger partial charge in [-0.15, -0.1) is 0 Å². The molecule has 1 spiro atoms. The summed E-state index contributed by atoms with van der Waals surface area (Å²) in [5, 5.41) is 0. The third kappa shape index (κ3) is 3.80. The number of pyridine rings is 1. The highest BCUT2D eigenvalue weighted by molar-refractivity contribution is 5.76. The Kier molecular flexibility index (Phi) is 4.57. The molecule has 3 heterocycles. The maximum atomic E-state index is 12.6. The van der Waals surface area contributed by atoms with Crippen molar-refractivity contribution in [3.05, 3.63) is 30.1 Å². The summed E-state index contributed by atoms with van der Waals surface area (Å²) in [4.78, 5) is 21.6. The van der Waals surface area contributed by atoms with Gasteiger partial charge in [-0.3, -0.25) is 9.78 Å². The summed E-state index contributed by atoms with van der Waals surface area (Å²) >= 11 is 0. The minimum absolute atomic E-state index is 0.329. The van der Waals surface area contributed by atoms with Gasteiger partial charge in [-0.25, -0.2) is 0 Å². The van der Waals surface area contributed by atoms with E-state index in [9.17, 15) is 4.79 Å². The van der Waals surface area contributed by atoms with Gasteiger partial charge in [0.1, 0.15) is 0 Å². The molecule has 1 aliphatic carbocycles. The van der Waals surface area contributed by atoms with Gasteiger partial charge in [-0.1, -0.05) is 6.07 Å². The standard InChI is InChI=1S/C20H29N3O/c24-19(7-6-17-3-1-10-21-13-17)23-12-9-20(16-23)8-2-11-22(15-20)14-18-4-5-18/h1,3,10,13,18H,2,4-9,11-12,14-16H2/t20-/m1/s1. The Bertz CT molecular complexity index is 572. The number of aromatic nitrogens is 1. The van der Waals surface area contributed by atoms with Gasteiger partial charge in [-0.2, -0.15) is 0 Å². The van der Waals surface area contributed by atoms with Gasteiger partial charge in [0.25, 0.3) is 0 Å². The topological polar surface area (TPSA) is 36.4 Å². The molecule has 2 saturated heterocycles. The molecule has 1 atom stereocenters. The number of likely N-dealkylation sites (tertiary alicyclic amines) is 2. The Balaban J connectivity index is 1.29. The van der Waals surface area contributed by atoms with Crippen LogP contribution >= 0.6 is 0 Å². The molecule has 0 bridgehead atoms. The molecule has 0 unspecified atom stereocenters. The number of hydrogen-bond acceptors (Lipinski definition) is 3. The molecule has 3 fully saturated rings. The maximum absolute atomic E-state index is 12.6. The van der Waals surface area contributed by atoms with E-state index >= 15 is 0 Å². The number of carbonyl (C=O) groups excluding carboxylic acids is 1. The Morgan fingerprint density at radius 2 is 2.17 bits per heavy atom. The van der Waals surface area contributed by atoms with Crippen LogP contribution in [-0.4, -0.2) is 53.4 Å². The highest BCUT2D eigenvalue weighted by Crippen LogP contribution is 2.40. The van der Waals surface area contributed by atoms with Crippen LogP contribution in [0.25, 0.3) is 0 Å². The maximum Gasteiger partial charge on any atom is 0.222 e. The first-order valence-electron chi connectivity index (χ1n) is 9.62. The van der Waals surface area contributed by atoms with Crippen molar-refractivity contribution in [2.45, 2.75) is 44.9 Å². The van der Waals surface area contributed by atoms with Crippen molar-refractivity contribution in [3.63, 3.8) is 0 Å². The van der Waals surface area contributed by atoms with Gasteiger partial charge in [-0.05, 0) is 62.6 Å². The van der Waals surface area contributed by atoms with Crippen LogP contribution in [0.15, 0.2) is 24.5 Å². The second kappa shape index (κ2) is 6.83. The van der Waals surface area contributed by atoms with Gasteiger partial charge in [0.05, 0.1) is 0 Å². The normalized spacial score (nSPS) is 27.8. The molecule has 0 radical (unpaired) electrons. The Labute approximate surface area is 145 Å². The Hall–Kier alpha value is -1.42. The van der Waals surface area contributed by atoms with Crippen molar-refractivity contribution in [1.29, 1.82) is 0 Å². The van der Waals surface area contributed by atoms with Crippen LogP contribution in [0.1, 0.15) is 44.1 Å². The third-order valence-electron chi connectivity index (χ3n) is 6.10. The molecule has 1 aromatic rings. The van der Waals surface area contributed by atoms with Crippen molar-refractivity contribution in [2.24, 2.45) is 11.3 Å². The van der Waals surface area contributed by atoms with E-state index < -0.39 is 0 Å². The minimum atomic E-state index is 0.329. The Morgan fingerprint density at radius 1 is 1.25 bits per heavy atom. The summed E-state index contributed by atoms with van der Waals surface area (Å²) in [6, 6.07) is 4.00. The third-order valence-corrected chi connectivity index (χ3v) is 6.10. The number of piperidine rings is 1. The lowest BCUT2D eigenvalue weighted by Gasteiger charge is -2.40. The lowest BCUT2D eigenvalue weighted by Crippen LogP contribution is -2.46. The average molecular weight is 327 g/mol. The minimum Gasteiger partial charge on any atom is -0.342 e. The number of nitrogens with zero attached hydrogens (tertiary/aromatic N) is 3. The molecular formula is C20H29N3O. The van der Waals surface area contributed by atoms with E-state index in [1.807, 2.05) is 12.3 Å². The number of aryl methyl sites for hydroxylation is 1. The fraction of sp³-hybridized carbons (Fsp3) is 0.700. The predicted molar refractivity (Wildman–Crippen MR) is 94.6 cm³/mol. The molecule has 4 heteroatoms. The van der Waals surface area contributed by atoms with E-state index in [4.69, 9.17) is 0 Å². The summed E-state index contributed by atoms with van der Waals surface area (Å²) in [6.07, 6.45) is 11.8. The first kappa shape index (κ1) is 16.1. The molecular weight excluding hydrogens is 298 g/mol. The monoisotopic (exact) mass is 327 g/mol. The lowest BCUT2D eigenvalue weighted by atomic mass is 9.79. The first-order valence-corrected chi connectivity index (χ1v) is 9.62. The van der Waals surface area contributed by atoms with Crippen LogP contribution in [0.4, 0.5) is 0 Å². The summed E-state index contributed by atoms with van der Waals surface area (Å²) in [5.41, 5.74) is 1.55. The van der Waals surface area contributed by atoms with E-state index in [-0.39, 0.29) is 0 Å². The van der Waals surface area contributed by atoms with Crippen molar-refractivity contribution >= 4 is 5.91 Å². The van der Waals surface area contributed by atoms with E-state index in [0.29, 0.717) is 17.7 Å². The second-order valence-electron chi connectivity index (χ2n) is 8.21. The molecule has 1 saturated carbocycles. The highest BCUT2D eigenvalue weighted by Gasteiger charge is 2.43. The number of rotatable bonds is 5. The van der Waals surface area contributed by atoms with E-state index in [1.165, 1.54) is 51.7 Å². The Morgan fingerprint density at radius 3 is 2.96 bits per heavy atom. The fourth-order valence-corrected chi connectivity index (χ4v) is 4.57. The summed E-state index contributed by atoms with van der Waals surface area (Å²) < 4.78 is 0. The predicted octanol–water partition coefficient (Wildman–Crippen LogP) is 2.74. The molecule has 4 rings (SSSR count). The lowest BCUT2D eigenvalue weighted by molar-refractivity contribution is -0.130. The van der Waals surface area contributed by atoms with Gasteiger partial charge in [0.15, 0.2) is 0 Å². The van der Waals surface area contributed by atoms with Gasteiger partial charge >= 0.3 is 0 Å². The molecule has 24 heavy (non-hydrogen) atoms. The largest absolute Gasteiger partial charge is 0.342 e. The van der Waals surface area contributed by atoms with Crippen LogP contribution in [0, 0.1) is 11.3 Å². The molecule has 4 nitrogen and oxygen atoms in total. The molecule has 0 N–H and O–H groups in total. The SMILES string of the molecule is O=C(CCc1cccnc1)N1CC[C@@]2(CCCN(CC3CC3)C2)C1. The zero-order valence-corrected chi connectivity index (χ0v) is 14.6. The van der Waals surface area contributed by atoms with Crippen molar-refractivity contribution in [3.8, 4) is 0 Å². The van der Waals surface area contributed by atoms with Crippen LogP contribution in [0.3, 0.4) is 0 Å². The zero-order chi connectivity index (χ0) is 16.4. The highest BCUT2D eigenvalue weighted by atomic mass is 16.2. The van der Waals surface area contributed by atoms with E-state index in [1.54, 1.807) is 6.20 Å². The summed E-state index contributed by atoms with van der Waals surface area (Å²) in [5.74, 6) is 1.30. The second-order valence-corrected chi connectivity index (χ2v) is 8.21. The van der Waals surface area contributed by atoms with Crippen LogP contribution in [-0.2, 0) is 11.2 Å². The molecule has 1 aromatic heterocycles. The molecule has 1 amide bonds. The van der Waals surface area contributed by atoms with Gasteiger partial charge in [0.2, 0.25) is 5.91 Å². The molecule has 2 aliphatic heterocycles. The zero-order valence-electron chi connectivity index (χ0n) is 14.6. The van der Waals surface area contributed by atoms with Crippen molar-refractivity contribution in [2.75, 3.05) is 32.7 Å². The van der Waals surface area contributed by atoms with Gasteiger partial charge in [0, 0.05) is 50.4 Å². The van der Waals surface area contributed by atoms with Crippen LogP contribution < -0.4 is 0 Å². The van der Waals surface area contributed by atoms with Crippen molar-refractivity contribution < 1.29 is 4.79 Å². The average Bonchev–Trinajstić information content (AvgIpc) is 3.33.